The summed E-state index contributed by atoms with van der Waals surface area (Å²) < 4.78 is 5.62. The van der Waals surface area contributed by atoms with Gasteiger partial charge in [0, 0.05) is 6.07 Å². The van der Waals surface area contributed by atoms with Gasteiger partial charge in [-0.3, -0.25) is 0 Å². The summed E-state index contributed by atoms with van der Waals surface area (Å²) in [5.41, 5.74) is 1.04. The largest absolute Gasteiger partial charge is 0.439 e. The molecule has 0 unspecified atom stereocenters. The number of rotatable bonds is 4. The number of halogens is 1. The zero-order valence-electron chi connectivity index (χ0n) is 9.76. The van der Waals surface area contributed by atoms with Gasteiger partial charge in [0.05, 0.1) is 0 Å². The summed E-state index contributed by atoms with van der Waals surface area (Å²) in [5.74, 6) is 1.13. The third-order valence-corrected chi connectivity index (χ3v) is 2.91. The van der Waals surface area contributed by atoms with Crippen molar-refractivity contribution in [1.29, 1.82) is 0 Å². The predicted molar refractivity (Wildman–Crippen MR) is 75.4 cm³/mol. The second kappa shape index (κ2) is 5.89. The Morgan fingerprint density at radius 1 is 1.28 bits per heavy atom. The fourth-order valence-electron chi connectivity index (χ4n) is 1.31. The maximum Gasteiger partial charge on any atom is 0.224 e. The van der Waals surface area contributed by atoms with E-state index in [9.17, 15) is 0 Å². The Morgan fingerprint density at radius 3 is 2.61 bits per heavy atom. The molecule has 0 aliphatic carbocycles. The van der Waals surface area contributed by atoms with Crippen LogP contribution in [0.2, 0.25) is 5.15 Å². The van der Waals surface area contributed by atoms with Crippen LogP contribution in [0, 0.1) is 0 Å². The molecule has 1 aromatic heterocycles. The van der Waals surface area contributed by atoms with E-state index in [0.29, 0.717) is 21.9 Å². The third-order valence-electron chi connectivity index (χ3n) is 2.17. The lowest BCUT2D eigenvalue weighted by molar-refractivity contribution is 0.455. The predicted octanol–water partition coefficient (Wildman–Crippen LogP) is 4.29. The monoisotopic (exact) mass is 278 g/mol. The Balaban J connectivity index is 2.21. The number of thioether (sulfide) groups is 1. The van der Waals surface area contributed by atoms with Crippen LogP contribution >= 0.6 is 23.4 Å². The fraction of sp³-hybridized carbons (Fsp3) is 0.0769. The molecule has 0 radical (unpaired) electrons. The molecule has 0 atom stereocenters. The summed E-state index contributed by atoms with van der Waals surface area (Å²) in [6.07, 6.45) is 3.66. The third kappa shape index (κ3) is 3.24. The second-order valence-electron chi connectivity index (χ2n) is 3.39. The summed E-state index contributed by atoms with van der Waals surface area (Å²) in [5, 5.41) is 0.951. The molecule has 2 aromatic rings. The lowest BCUT2D eigenvalue weighted by Gasteiger charge is -2.06. The zero-order chi connectivity index (χ0) is 13.0. The molecule has 0 saturated heterocycles. The highest BCUT2D eigenvalue weighted by Gasteiger charge is 2.04. The van der Waals surface area contributed by atoms with Crippen LogP contribution in [0.1, 0.15) is 5.56 Å². The van der Waals surface area contributed by atoms with E-state index < -0.39 is 0 Å². The maximum absolute atomic E-state index is 5.88. The number of hydrogen-bond donors (Lipinski definition) is 0. The molecule has 2 rings (SSSR count). The van der Waals surface area contributed by atoms with Crippen LogP contribution in [-0.4, -0.2) is 16.2 Å². The van der Waals surface area contributed by atoms with Gasteiger partial charge >= 0.3 is 0 Å². The summed E-state index contributed by atoms with van der Waals surface area (Å²) >= 11 is 7.30. The first-order chi connectivity index (χ1) is 8.71. The molecular formula is C13H11ClN2OS. The van der Waals surface area contributed by atoms with Gasteiger partial charge in [-0.05, 0) is 24.0 Å². The fourth-order valence-corrected chi connectivity index (χ4v) is 1.91. The molecule has 0 bridgehead atoms. The quantitative estimate of drug-likeness (QED) is 0.475. The molecule has 1 heterocycles. The van der Waals surface area contributed by atoms with E-state index in [1.807, 2.05) is 30.5 Å². The van der Waals surface area contributed by atoms with Crippen molar-refractivity contribution in [2.45, 2.75) is 5.16 Å². The Bertz CT molecular complexity index is 557. The number of aromatic nitrogens is 2. The van der Waals surface area contributed by atoms with Gasteiger partial charge < -0.3 is 4.74 Å². The normalized spacial score (nSPS) is 10.1. The van der Waals surface area contributed by atoms with Gasteiger partial charge in [-0.15, -0.1) is 0 Å². The van der Waals surface area contributed by atoms with E-state index in [0.717, 1.165) is 5.56 Å². The van der Waals surface area contributed by atoms with Gasteiger partial charge in [-0.1, -0.05) is 48.2 Å². The van der Waals surface area contributed by atoms with Crippen molar-refractivity contribution < 1.29 is 4.74 Å². The molecule has 0 amide bonds. The average Bonchev–Trinajstić information content (AvgIpc) is 2.39. The van der Waals surface area contributed by atoms with E-state index in [4.69, 9.17) is 16.3 Å². The molecule has 0 saturated carbocycles. The zero-order valence-corrected chi connectivity index (χ0v) is 11.3. The first-order valence-electron chi connectivity index (χ1n) is 5.20. The highest BCUT2D eigenvalue weighted by atomic mass is 35.5. The van der Waals surface area contributed by atoms with Gasteiger partial charge in [-0.25, -0.2) is 4.98 Å². The molecule has 1 aromatic carbocycles. The lowest BCUT2D eigenvalue weighted by Crippen LogP contribution is -1.92. The molecule has 0 N–H and O–H groups in total. The number of benzene rings is 1. The standard InChI is InChI=1S/C13H11ClN2OS/c1-3-9-4-6-10(7-5-9)17-12-8-11(14)15-13(16-12)18-2/h3-8H,1H2,2H3. The highest BCUT2D eigenvalue weighted by Crippen LogP contribution is 2.24. The number of hydrogen-bond acceptors (Lipinski definition) is 4. The van der Waals surface area contributed by atoms with Crippen LogP contribution in [0.3, 0.4) is 0 Å². The Morgan fingerprint density at radius 2 is 2.00 bits per heavy atom. The van der Waals surface area contributed by atoms with E-state index in [1.54, 1.807) is 12.1 Å². The van der Waals surface area contributed by atoms with Crippen LogP contribution in [-0.2, 0) is 0 Å². The van der Waals surface area contributed by atoms with Gasteiger partial charge in [-0.2, -0.15) is 4.98 Å². The summed E-state index contributed by atoms with van der Waals surface area (Å²) in [6, 6.07) is 9.13. The van der Waals surface area contributed by atoms with Crippen LogP contribution in [0.25, 0.3) is 6.08 Å². The minimum Gasteiger partial charge on any atom is -0.439 e. The highest BCUT2D eigenvalue weighted by molar-refractivity contribution is 7.98. The van der Waals surface area contributed by atoms with Gasteiger partial charge in [0.15, 0.2) is 5.16 Å². The minimum atomic E-state index is 0.368. The van der Waals surface area contributed by atoms with Crippen molar-refractivity contribution in [3.05, 3.63) is 47.6 Å². The summed E-state index contributed by atoms with van der Waals surface area (Å²) in [7, 11) is 0. The molecular weight excluding hydrogens is 268 g/mol. The van der Waals surface area contributed by atoms with Crippen molar-refractivity contribution in [2.75, 3.05) is 6.26 Å². The molecule has 0 spiro atoms. The van der Waals surface area contributed by atoms with Crippen molar-refractivity contribution in [1.82, 2.24) is 9.97 Å². The lowest BCUT2D eigenvalue weighted by atomic mass is 10.2. The van der Waals surface area contributed by atoms with E-state index in [1.165, 1.54) is 11.8 Å². The average molecular weight is 279 g/mol. The van der Waals surface area contributed by atoms with Crippen molar-refractivity contribution in [3.8, 4) is 11.6 Å². The van der Waals surface area contributed by atoms with Gasteiger partial charge in [0.2, 0.25) is 5.88 Å². The molecule has 0 fully saturated rings. The van der Waals surface area contributed by atoms with Gasteiger partial charge in [0.1, 0.15) is 10.9 Å². The first kappa shape index (κ1) is 12.9. The smallest absolute Gasteiger partial charge is 0.224 e. The SMILES string of the molecule is C=Cc1ccc(Oc2cc(Cl)nc(SC)n2)cc1. The first-order valence-corrected chi connectivity index (χ1v) is 6.80. The Labute approximate surface area is 115 Å². The van der Waals surface area contributed by atoms with Crippen LogP contribution in [0.5, 0.6) is 11.6 Å². The Kier molecular flexibility index (Phi) is 4.23. The molecule has 92 valence electrons. The van der Waals surface area contributed by atoms with Crippen molar-refractivity contribution >= 4 is 29.4 Å². The summed E-state index contributed by atoms with van der Waals surface area (Å²) in [4.78, 5) is 8.26. The molecule has 3 nitrogen and oxygen atoms in total. The molecule has 18 heavy (non-hydrogen) atoms. The molecule has 0 aliphatic heterocycles. The maximum atomic E-state index is 5.88. The van der Waals surface area contributed by atoms with E-state index in [-0.39, 0.29) is 0 Å². The molecule has 5 heteroatoms. The van der Waals surface area contributed by atoms with E-state index >= 15 is 0 Å². The minimum absolute atomic E-state index is 0.368. The van der Waals surface area contributed by atoms with Gasteiger partial charge in [0.25, 0.3) is 0 Å². The van der Waals surface area contributed by atoms with Crippen LogP contribution in [0.15, 0.2) is 42.1 Å². The topological polar surface area (TPSA) is 35.0 Å². The summed E-state index contributed by atoms with van der Waals surface area (Å²) in [6.45, 7) is 3.70. The number of ether oxygens (including phenoxy) is 1. The number of nitrogens with zero attached hydrogens (tertiary/aromatic N) is 2. The molecule has 0 aliphatic rings. The van der Waals surface area contributed by atoms with Crippen LogP contribution < -0.4 is 4.74 Å². The van der Waals surface area contributed by atoms with Crippen molar-refractivity contribution in [2.24, 2.45) is 0 Å². The van der Waals surface area contributed by atoms with Crippen LogP contribution in [0.4, 0.5) is 0 Å². The Hall–Kier alpha value is -1.52. The van der Waals surface area contributed by atoms with E-state index in [2.05, 4.69) is 16.5 Å². The van der Waals surface area contributed by atoms with Crippen molar-refractivity contribution in [3.63, 3.8) is 0 Å². The second-order valence-corrected chi connectivity index (χ2v) is 4.55.